The van der Waals surface area contributed by atoms with Crippen molar-refractivity contribution in [3.8, 4) is 0 Å². The number of carbonyl (C=O) groups is 2. The van der Waals surface area contributed by atoms with Crippen LogP contribution in [0, 0.1) is 0 Å². The van der Waals surface area contributed by atoms with E-state index in [1.807, 2.05) is 36.4 Å². The zero-order valence-electron chi connectivity index (χ0n) is 13.1. The molecule has 24 heavy (non-hydrogen) atoms. The monoisotopic (exact) mass is 326 g/mol. The number of carbonyl (C=O) groups excluding carboxylic acids is 2. The van der Waals surface area contributed by atoms with Crippen LogP contribution in [0.3, 0.4) is 0 Å². The highest BCUT2D eigenvalue weighted by Gasteiger charge is 2.33. The first-order chi connectivity index (χ1) is 11.7. The normalized spacial score (nSPS) is 19.8. The van der Waals surface area contributed by atoms with Gasteiger partial charge in [0, 0.05) is 5.56 Å². The second kappa shape index (κ2) is 7.86. The van der Waals surface area contributed by atoms with Crippen LogP contribution >= 0.6 is 0 Å². The highest BCUT2D eigenvalue weighted by molar-refractivity contribution is 5.97. The zero-order chi connectivity index (χ0) is 16.8. The summed E-state index contributed by atoms with van der Waals surface area (Å²) in [7, 11) is 0. The van der Waals surface area contributed by atoms with E-state index in [0.29, 0.717) is 5.56 Å². The zero-order valence-corrected chi connectivity index (χ0v) is 13.1. The van der Waals surface area contributed by atoms with Gasteiger partial charge in [-0.25, -0.2) is 0 Å². The maximum atomic E-state index is 12.0. The number of esters is 1. The molecular formula is C19H18O5. The summed E-state index contributed by atoms with van der Waals surface area (Å²) in [5.74, 6) is -0.706. The third kappa shape index (κ3) is 4.07. The Bertz CT molecular complexity index is 683. The minimum Gasteiger partial charge on any atom is -0.457 e. The van der Waals surface area contributed by atoms with Gasteiger partial charge in [0.05, 0.1) is 6.42 Å². The molecule has 1 saturated heterocycles. The van der Waals surface area contributed by atoms with Gasteiger partial charge < -0.3 is 14.2 Å². The molecule has 1 aliphatic heterocycles. The van der Waals surface area contributed by atoms with E-state index >= 15 is 0 Å². The van der Waals surface area contributed by atoms with Gasteiger partial charge in [-0.2, -0.15) is 0 Å². The standard InChI is InChI=1S/C19H18O5/c20-16(14-7-3-1-4-8-14)12-22-18(21)11-17-19(24-13-23-17)15-9-5-2-6-10-15/h1-10,17,19H,11-13H2/t17-,19-/m0/s1. The summed E-state index contributed by atoms with van der Waals surface area (Å²) in [6.45, 7) is -0.132. The van der Waals surface area contributed by atoms with E-state index in [2.05, 4.69) is 0 Å². The summed E-state index contributed by atoms with van der Waals surface area (Å²) < 4.78 is 16.1. The molecule has 0 spiro atoms. The summed E-state index contributed by atoms with van der Waals surface area (Å²) in [5, 5.41) is 0. The van der Waals surface area contributed by atoms with Crippen molar-refractivity contribution < 1.29 is 23.8 Å². The van der Waals surface area contributed by atoms with Crippen LogP contribution < -0.4 is 0 Å². The molecule has 2 atom stereocenters. The molecule has 0 N–H and O–H groups in total. The van der Waals surface area contributed by atoms with Gasteiger partial charge in [-0.05, 0) is 5.56 Å². The van der Waals surface area contributed by atoms with Crippen molar-refractivity contribution in [3.05, 3.63) is 71.8 Å². The molecule has 2 aromatic carbocycles. The van der Waals surface area contributed by atoms with E-state index in [1.165, 1.54) is 0 Å². The van der Waals surface area contributed by atoms with E-state index in [-0.39, 0.29) is 31.7 Å². The third-order valence-electron chi connectivity index (χ3n) is 3.82. The average molecular weight is 326 g/mol. The first-order valence-electron chi connectivity index (χ1n) is 7.76. The van der Waals surface area contributed by atoms with Crippen LogP contribution in [0.5, 0.6) is 0 Å². The minimum atomic E-state index is -0.476. The number of ether oxygens (including phenoxy) is 3. The molecule has 0 saturated carbocycles. The molecule has 0 amide bonds. The minimum absolute atomic E-state index is 0.0433. The van der Waals surface area contributed by atoms with Crippen LogP contribution in [0.4, 0.5) is 0 Å². The lowest BCUT2D eigenvalue weighted by Crippen LogP contribution is -2.22. The van der Waals surface area contributed by atoms with E-state index < -0.39 is 12.1 Å². The molecule has 1 fully saturated rings. The number of ketones is 1. The first kappa shape index (κ1) is 16.4. The fourth-order valence-corrected chi connectivity index (χ4v) is 2.59. The maximum absolute atomic E-state index is 12.0. The molecule has 1 aliphatic rings. The van der Waals surface area contributed by atoms with Gasteiger partial charge in [0.1, 0.15) is 19.0 Å². The van der Waals surface area contributed by atoms with Gasteiger partial charge in [-0.3, -0.25) is 9.59 Å². The summed E-state index contributed by atoms with van der Waals surface area (Å²) in [4.78, 5) is 23.9. The van der Waals surface area contributed by atoms with Crippen LogP contribution in [0.2, 0.25) is 0 Å². The lowest BCUT2D eigenvalue weighted by Gasteiger charge is -2.16. The van der Waals surface area contributed by atoms with E-state index in [4.69, 9.17) is 14.2 Å². The molecule has 5 nitrogen and oxygen atoms in total. The predicted molar refractivity (Wildman–Crippen MR) is 86.4 cm³/mol. The first-order valence-corrected chi connectivity index (χ1v) is 7.76. The SMILES string of the molecule is O=C(C[C@@H]1OCO[C@H]1c1ccccc1)OCC(=O)c1ccccc1. The van der Waals surface area contributed by atoms with E-state index in [9.17, 15) is 9.59 Å². The van der Waals surface area contributed by atoms with E-state index in [0.717, 1.165) is 5.56 Å². The summed E-state index contributed by atoms with van der Waals surface area (Å²) in [6, 6.07) is 18.3. The van der Waals surface area contributed by atoms with Crippen molar-refractivity contribution in [1.82, 2.24) is 0 Å². The molecule has 1 heterocycles. The topological polar surface area (TPSA) is 61.8 Å². The fourth-order valence-electron chi connectivity index (χ4n) is 2.59. The molecular weight excluding hydrogens is 308 g/mol. The van der Waals surface area contributed by atoms with Crippen molar-refractivity contribution in [2.24, 2.45) is 0 Å². The largest absolute Gasteiger partial charge is 0.457 e. The number of benzene rings is 2. The molecule has 3 rings (SSSR count). The number of hydrogen-bond acceptors (Lipinski definition) is 5. The van der Waals surface area contributed by atoms with Crippen LogP contribution in [-0.4, -0.2) is 31.3 Å². The van der Waals surface area contributed by atoms with Gasteiger partial charge in [-0.1, -0.05) is 60.7 Å². The quantitative estimate of drug-likeness (QED) is 0.603. The molecule has 124 valence electrons. The predicted octanol–water partition coefficient (Wildman–Crippen LogP) is 2.92. The number of Topliss-reactive ketones (excluding diaryl/α,β-unsaturated/α-hetero) is 1. The summed E-state index contributed by atoms with van der Waals surface area (Å²) in [6.07, 6.45) is -0.669. The van der Waals surface area contributed by atoms with Gasteiger partial charge in [-0.15, -0.1) is 0 Å². The van der Waals surface area contributed by atoms with Crippen molar-refractivity contribution >= 4 is 11.8 Å². The molecule has 0 aliphatic carbocycles. The highest BCUT2D eigenvalue weighted by atomic mass is 16.7. The Balaban J connectivity index is 1.52. The van der Waals surface area contributed by atoms with Crippen LogP contribution in [-0.2, 0) is 19.0 Å². The maximum Gasteiger partial charge on any atom is 0.308 e. The fraction of sp³-hybridized carbons (Fsp3) is 0.263. The van der Waals surface area contributed by atoms with Gasteiger partial charge in [0.2, 0.25) is 0 Å². The lowest BCUT2D eigenvalue weighted by molar-refractivity contribution is -0.145. The van der Waals surface area contributed by atoms with Crippen molar-refractivity contribution in [2.45, 2.75) is 18.6 Å². The van der Waals surface area contributed by atoms with Gasteiger partial charge >= 0.3 is 5.97 Å². The average Bonchev–Trinajstić information content (AvgIpc) is 3.09. The summed E-state index contributed by atoms with van der Waals surface area (Å²) >= 11 is 0. The molecule has 2 aromatic rings. The molecule has 0 unspecified atom stereocenters. The van der Waals surface area contributed by atoms with Crippen LogP contribution in [0.25, 0.3) is 0 Å². The van der Waals surface area contributed by atoms with Crippen molar-refractivity contribution in [2.75, 3.05) is 13.4 Å². The van der Waals surface area contributed by atoms with Crippen LogP contribution in [0.1, 0.15) is 28.4 Å². The second-order valence-electron chi connectivity index (χ2n) is 5.47. The number of hydrogen-bond donors (Lipinski definition) is 0. The molecule has 5 heteroatoms. The Labute approximate surface area is 140 Å². The Morgan fingerprint density at radius 3 is 2.33 bits per heavy atom. The Morgan fingerprint density at radius 1 is 0.958 bits per heavy atom. The highest BCUT2D eigenvalue weighted by Crippen LogP contribution is 2.30. The van der Waals surface area contributed by atoms with Gasteiger partial charge in [0.25, 0.3) is 0 Å². The van der Waals surface area contributed by atoms with Gasteiger partial charge in [0.15, 0.2) is 12.4 Å². The number of rotatable bonds is 6. The summed E-state index contributed by atoms with van der Waals surface area (Å²) in [5.41, 5.74) is 1.47. The van der Waals surface area contributed by atoms with E-state index in [1.54, 1.807) is 24.3 Å². The smallest absolute Gasteiger partial charge is 0.308 e. The lowest BCUT2D eigenvalue weighted by atomic mass is 10.0. The molecule has 0 aromatic heterocycles. The second-order valence-corrected chi connectivity index (χ2v) is 5.47. The third-order valence-corrected chi connectivity index (χ3v) is 3.82. The van der Waals surface area contributed by atoms with Crippen LogP contribution in [0.15, 0.2) is 60.7 Å². The Hall–Kier alpha value is -2.50. The Morgan fingerprint density at radius 2 is 1.62 bits per heavy atom. The van der Waals surface area contributed by atoms with Crippen molar-refractivity contribution in [3.63, 3.8) is 0 Å². The Kier molecular flexibility index (Phi) is 5.36. The molecule has 0 radical (unpaired) electrons. The van der Waals surface area contributed by atoms with Crippen molar-refractivity contribution in [1.29, 1.82) is 0 Å². The molecule has 0 bridgehead atoms.